The number of fused-ring (bicyclic) bond motifs is 1. The van der Waals surface area contributed by atoms with Crippen LogP contribution in [0.3, 0.4) is 0 Å². The lowest BCUT2D eigenvalue weighted by molar-refractivity contribution is 0.103. The first-order chi connectivity index (χ1) is 8.65. The largest absolute Gasteiger partial charge is 0.286 e. The third kappa shape index (κ3) is 2.03. The maximum absolute atomic E-state index is 12.3. The first-order valence-corrected chi connectivity index (χ1v) is 7.31. The number of aromatic nitrogens is 2. The SMILES string of the molecule is O=C(c1ccc(Cl)s1)c1nc(Cl)nc2ccsc12. The number of ketones is 1. The van der Waals surface area contributed by atoms with E-state index in [2.05, 4.69) is 9.97 Å². The zero-order valence-electron chi connectivity index (χ0n) is 8.68. The summed E-state index contributed by atoms with van der Waals surface area (Å²) in [6.07, 6.45) is 0. The Morgan fingerprint density at radius 3 is 2.72 bits per heavy atom. The van der Waals surface area contributed by atoms with Gasteiger partial charge in [-0.2, -0.15) is 0 Å². The van der Waals surface area contributed by atoms with Crippen LogP contribution in [0.2, 0.25) is 9.62 Å². The first kappa shape index (κ1) is 12.0. The van der Waals surface area contributed by atoms with Gasteiger partial charge in [0.25, 0.3) is 0 Å². The van der Waals surface area contributed by atoms with E-state index in [1.165, 1.54) is 22.7 Å². The fourth-order valence-corrected chi connectivity index (χ4v) is 3.52. The molecule has 0 saturated heterocycles. The summed E-state index contributed by atoms with van der Waals surface area (Å²) in [7, 11) is 0. The monoisotopic (exact) mass is 314 g/mol. The van der Waals surface area contributed by atoms with Gasteiger partial charge in [-0.05, 0) is 35.2 Å². The quantitative estimate of drug-likeness (QED) is 0.523. The van der Waals surface area contributed by atoms with Crippen LogP contribution in [-0.2, 0) is 0 Å². The van der Waals surface area contributed by atoms with Crippen molar-refractivity contribution < 1.29 is 4.79 Å². The molecule has 0 N–H and O–H groups in total. The number of nitrogens with zero attached hydrogens (tertiary/aromatic N) is 2. The third-order valence-corrected chi connectivity index (χ3v) is 4.60. The third-order valence-electron chi connectivity index (χ3n) is 2.29. The van der Waals surface area contributed by atoms with Crippen LogP contribution in [0.1, 0.15) is 15.4 Å². The van der Waals surface area contributed by atoms with Crippen molar-refractivity contribution in [2.45, 2.75) is 0 Å². The van der Waals surface area contributed by atoms with Crippen molar-refractivity contribution in [1.82, 2.24) is 9.97 Å². The van der Waals surface area contributed by atoms with Crippen LogP contribution in [0.25, 0.3) is 10.2 Å². The number of hydrogen-bond donors (Lipinski definition) is 0. The highest BCUT2D eigenvalue weighted by molar-refractivity contribution is 7.19. The molecule has 0 fully saturated rings. The number of carbonyl (C=O) groups is 1. The molecule has 3 nitrogen and oxygen atoms in total. The highest BCUT2D eigenvalue weighted by atomic mass is 35.5. The molecule has 3 aromatic rings. The van der Waals surface area contributed by atoms with Gasteiger partial charge in [-0.25, -0.2) is 9.97 Å². The van der Waals surface area contributed by atoms with Crippen LogP contribution < -0.4 is 0 Å². The van der Waals surface area contributed by atoms with E-state index in [1.807, 2.05) is 11.4 Å². The van der Waals surface area contributed by atoms with Gasteiger partial charge in [-0.3, -0.25) is 4.79 Å². The van der Waals surface area contributed by atoms with Gasteiger partial charge in [0.15, 0.2) is 0 Å². The molecule has 0 aliphatic rings. The zero-order valence-corrected chi connectivity index (χ0v) is 11.8. The highest BCUT2D eigenvalue weighted by Crippen LogP contribution is 2.28. The molecule has 0 bridgehead atoms. The van der Waals surface area contributed by atoms with E-state index in [0.717, 1.165) is 4.70 Å². The Morgan fingerprint density at radius 2 is 2.00 bits per heavy atom. The van der Waals surface area contributed by atoms with Gasteiger partial charge in [0.2, 0.25) is 11.1 Å². The van der Waals surface area contributed by atoms with Crippen molar-refractivity contribution in [3.05, 3.63) is 43.8 Å². The molecule has 0 radical (unpaired) electrons. The maximum Gasteiger partial charge on any atom is 0.223 e. The molecule has 0 atom stereocenters. The average Bonchev–Trinajstić information content (AvgIpc) is 2.95. The molecule has 0 unspecified atom stereocenters. The molecule has 3 rings (SSSR count). The predicted molar refractivity (Wildman–Crippen MR) is 75.2 cm³/mol. The van der Waals surface area contributed by atoms with E-state index in [4.69, 9.17) is 23.2 Å². The van der Waals surface area contributed by atoms with E-state index >= 15 is 0 Å². The summed E-state index contributed by atoms with van der Waals surface area (Å²) < 4.78 is 1.31. The van der Waals surface area contributed by atoms with Gasteiger partial charge in [-0.1, -0.05) is 11.6 Å². The molecule has 0 amide bonds. The second kappa shape index (κ2) is 4.59. The standard InChI is InChI=1S/C11H4Cl2N2OS2/c12-7-2-1-6(18-7)9(16)8-10-5(3-4-17-10)14-11(13)15-8/h1-4H. The summed E-state index contributed by atoms with van der Waals surface area (Å²) in [6, 6.07) is 5.18. The van der Waals surface area contributed by atoms with E-state index in [1.54, 1.807) is 12.1 Å². The molecular weight excluding hydrogens is 311 g/mol. The molecule has 0 aromatic carbocycles. The van der Waals surface area contributed by atoms with Crippen LogP contribution in [-0.4, -0.2) is 15.8 Å². The first-order valence-electron chi connectivity index (χ1n) is 4.86. The molecule has 0 aliphatic heterocycles. The minimum atomic E-state index is -0.177. The predicted octanol–water partition coefficient (Wildman–Crippen LogP) is 4.29. The normalized spacial score (nSPS) is 11.0. The van der Waals surface area contributed by atoms with Crippen LogP contribution in [0.5, 0.6) is 0 Å². The minimum Gasteiger partial charge on any atom is -0.286 e. The van der Waals surface area contributed by atoms with Crippen molar-refractivity contribution in [3.63, 3.8) is 0 Å². The number of hydrogen-bond acceptors (Lipinski definition) is 5. The lowest BCUT2D eigenvalue weighted by atomic mass is 10.2. The fourth-order valence-electron chi connectivity index (χ4n) is 1.54. The van der Waals surface area contributed by atoms with Crippen LogP contribution in [0, 0.1) is 0 Å². The number of halogens is 2. The second-order valence-corrected chi connectivity index (χ2v) is 6.38. The Hall–Kier alpha value is -1.01. The molecule has 0 aliphatic carbocycles. The molecule has 0 saturated carbocycles. The summed E-state index contributed by atoms with van der Waals surface area (Å²) in [5.74, 6) is -0.177. The van der Waals surface area contributed by atoms with Crippen molar-refractivity contribution in [3.8, 4) is 0 Å². The van der Waals surface area contributed by atoms with Gasteiger partial charge in [-0.15, -0.1) is 22.7 Å². The molecule has 3 heterocycles. The van der Waals surface area contributed by atoms with Crippen molar-refractivity contribution >= 4 is 61.9 Å². The zero-order chi connectivity index (χ0) is 12.7. The van der Waals surface area contributed by atoms with Crippen LogP contribution in [0.15, 0.2) is 23.6 Å². The Labute approximate surface area is 120 Å². The summed E-state index contributed by atoms with van der Waals surface area (Å²) in [5.41, 5.74) is 1.02. The number of carbonyl (C=O) groups excluding carboxylic acids is 1. The van der Waals surface area contributed by atoms with Crippen molar-refractivity contribution in [2.75, 3.05) is 0 Å². The van der Waals surface area contributed by atoms with Gasteiger partial charge in [0, 0.05) is 0 Å². The molecular formula is C11H4Cl2N2OS2. The molecule has 7 heteroatoms. The van der Waals surface area contributed by atoms with Crippen molar-refractivity contribution in [2.24, 2.45) is 0 Å². The Bertz CT molecular complexity index is 750. The smallest absolute Gasteiger partial charge is 0.223 e. The minimum absolute atomic E-state index is 0.0758. The van der Waals surface area contributed by atoms with Gasteiger partial charge in [0.1, 0.15) is 5.69 Å². The van der Waals surface area contributed by atoms with E-state index in [0.29, 0.717) is 20.4 Å². The van der Waals surface area contributed by atoms with Gasteiger partial charge >= 0.3 is 0 Å². The Morgan fingerprint density at radius 1 is 1.17 bits per heavy atom. The van der Waals surface area contributed by atoms with Crippen LogP contribution >= 0.6 is 45.9 Å². The highest BCUT2D eigenvalue weighted by Gasteiger charge is 2.18. The van der Waals surface area contributed by atoms with Gasteiger partial charge < -0.3 is 0 Å². The summed E-state index contributed by atoms with van der Waals surface area (Å²) >= 11 is 14.3. The molecule has 18 heavy (non-hydrogen) atoms. The van der Waals surface area contributed by atoms with Crippen molar-refractivity contribution in [1.29, 1.82) is 0 Å². The summed E-state index contributed by atoms with van der Waals surface area (Å²) in [5, 5.41) is 1.93. The Balaban J connectivity index is 2.19. The summed E-state index contributed by atoms with van der Waals surface area (Å²) in [4.78, 5) is 21.0. The summed E-state index contributed by atoms with van der Waals surface area (Å²) in [6.45, 7) is 0. The topological polar surface area (TPSA) is 42.9 Å². The molecule has 90 valence electrons. The van der Waals surface area contributed by atoms with E-state index in [9.17, 15) is 4.79 Å². The lowest BCUT2D eigenvalue weighted by Gasteiger charge is -1.99. The number of thiophene rings is 2. The average molecular weight is 315 g/mol. The second-order valence-electron chi connectivity index (χ2n) is 3.41. The van der Waals surface area contributed by atoms with E-state index < -0.39 is 0 Å². The molecule has 3 aromatic heterocycles. The fraction of sp³-hybridized carbons (Fsp3) is 0. The molecule has 0 spiro atoms. The van der Waals surface area contributed by atoms with Gasteiger partial charge in [0.05, 0.1) is 19.4 Å². The van der Waals surface area contributed by atoms with Crippen LogP contribution in [0.4, 0.5) is 0 Å². The Kier molecular flexibility index (Phi) is 3.07. The maximum atomic E-state index is 12.3. The van der Waals surface area contributed by atoms with E-state index in [-0.39, 0.29) is 11.1 Å². The number of rotatable bonds is 2. The lowest BCUT2D eigenvalue weighted by Crippen LogP contribution is -2.03.